The van der Waals surface area contributed by atoms with Gasteiger partial charge in [-0.3, -0.25) is 0 Å². The summed E-state index contributed by atoms with van der Waals surface area (Å²) in [6.45, 7) is 4.55. The topological polar surface area (TPSA) is 47.9 Å². The molecule has 4 heteroatoms. The number of fused-ring (bicyclic) bond motifs is 1. The van der Waals surface area contributed by atoms with Gasteiger partial charge in [0.25, 0.3) is 0 Å². The molecule has 2 heterocycles. The lowest BCUT2D eigenvalue weighted by molar-refractivity contribution is -0.299. The van der Waals surface area contributed by atoms with E-state index in [1.807, 2.05) is 13.8 Å². The highest BCUT2D eigenvalue weighted by molar-refractivity contribution is 4.88. The Morgan fingerprint density at radius 2 is 2.08 bits per heavy atom. The third kappa shape index (κ3) is 1.35. The minimum atomic E-state index is -0.587. The SMILES string of the molecule is CC1(C)OC[C@@H]2OC[C@@H](O)[C@@H]2O1. The number of hydrogen-bond donors (Lipinski definition) is 1. The zero-order chi connectivity index (χ0) is 8.77. The molecule has 70 valence electrons. The first-order chi connectivity index (χ1) is 5.58. The van der Waals surface area contributed by atoms with Gasteiger partial charge < -0.3 is 19.3 Å². The van der Waals surface area contributed by atoms with Crippen LogP contribution in [0.3, 0.4) is 0 Å². The van der Waals surface area contributed by atoms with Gasteiger partial charge in [-0.1, -0.05) is 0 Å². The first kappa shape index (κ1) is 8.44. The normalized spacial score (nSPS) is 45.8. The number of aliphatic hydroxyl groups excluding tert-OH is 1. The average molecular weight is 174 g/mol. The van der Waals surface area contributed by atoms with Gasteiger partial charge in [-0.15, -0.1) is 0 Å². The van der Waals surface area contributed by atoms with Gasteiger partial charge in [0, 0.05) is 0 Å². The molecule has 0 radical (unpaired) electrons. The van der Waals surface area contributed by atoms with E-state index in [1.165, 1.54) is 0 Å². The molecule has 1 N–H and O–H groups in total. The average Bonchev–Trinajstić information content (AvgIpc) is 2.31. The van der Waals surface area contributed by atoms with E-state index in [1.54, 1.807) is 0 Å². The standard InChI is InChI=1S/C8H14O4/c1-8(2)11-4-6-7(12-8)5(9)3-10-6/h5-7,9H,3-4H2,1-2H3/t5-,6+,7+/m1/s1. The van der Waals surface area contributed by atoms with Crippen LogP contribution in [-0.2, 0) is 14.2 Å². The highest BCUT2D eigenvalue weighted by Crippen LogP contribution is 2.29. The predicted molar refractivity (Wildman–Crippen MR) is 40.7 cm³/mol. The largest absolute Gasteiger partial charge is 0.388 e. The number of rotatable bonds is 0. The Kier molecular flexibility index (Phi) is 1.88. The van der Waals surface area contributed by atoms with Crippen LogP contribution in [0.4, 0.5) is 0 Å². The van der Waals surface area contributed by atoms with Crippen molar-refractivity contribution in [1.82, 2.24) is 0 Å². The lowest BCUT2D eigenvalue weighted by Gasteiger charge is -2.37. The summed E-state index contributed by atoms with van der Waals surface area (Å²) >= 11 is 0. The number of ether oxygens (including phenoxy) is 3. The first-order valence-electron chi connectivity index (χ1n) is 4.20. The summed E-state index contributed by atoms with van der Waals surface area (Å²) in [6, 6.07) is 0. The molecule has 0 aromatic rings. The fourth-order valence-corrected chi connectivity index (χ4v) is 1.60. The molecule has 0 saturated carbocycles. The third-order valence-corrected chi connectivity index (χ3v) is 2.24. The van der Waals surface area contributed by atoms with E-state index in [0.29, 0.717) is 13.2 Å². The summed E-state index contributed by atoms with van der Waals surface area (Å²) in [5.74, 6) is -0.587. The molecule has 0 aliphatic carbocycles. The smallest absolute Gasteiger partial charge is 0.163 e. The van der Waals surface area contributed by atoms with Gasteiger partial charge >= 0.3 is 0 Å². The Labute approximate surface area is 71.4 Å². The third-order valence-electron chi connectivity index (χ3n) is 2.24. The molecular weight excluding hydrogens is 160 g/mol. The van der Waals surface area contributed by atoms with E-state index >= 15 is 0 Å². The van der Waals surface area contributed by atoms with Gasteiger partial charge in [-0.2, -0.15) is 0 Å². The monoisotopic (exact) mass is 174 g/mol. The van der Waals surface area contributed by atoms with Gasteiger partial charge in [0.05, 0.1) is 13.2 Å². The highest BCUT2D eigenvalue weighted by atomic mass is 16.7. The van der Waals surface area contributed by atoms with Crippen molar-refractivity contribution in [2.45, 2.75) is 37.9 Å². The Morgan fingerprint density at radius 3 is 2.83 bits per heavy atom. The highest BCUT2D eigenvalue weighted by Gasteiger charge is 2.45. The molecule has 0 aromatic carbocycles. The molecule has 0 amide bonds. The summed E-state index contributed by atoms with van der Waals surface area (Å²) in [5, 5.41) is 9.45. The minimum Gasteiger partial charge on any atom is -0.388 e. The maximum Gasteiger partial charge on any atom is 0.163 e. The second-order valence-corrected chi connectivity index (χ2v) is 3.73. The summed E-state index contributed by atoms with van der Waals surface area (Å²) in [6.07, 6.45) is -0.806. The van der Waals surface area contributed by atoms with Crippen molar-refractivity contribution < 1.29 is 19.3 Å². The van der Waals surface area contributed by atoms with Crippen LogP contribution in [0, 0.1) is 0 Å². The van der Waals surface area contributed by atoms with E-state index < -0.39 is 11.9 Å². The summed E-state index contributed by atoms with van der Waals surface area (Å²) in [4.78, 5) is 0. The maximum atomic E-state index is 9.45. The molecule has 0 unspecified atom stereocenters. The molecule has 0 bridgehead atoms. The Balaban J connectivity index is 2.07. The van der Waals surface area contributed by atoms with Crippen molar-refractivity contribution in [3.8, 4) is 0 Å². The minimum absolute atomic E-state index is 0.0898. The lowest BCUT2D eigenvalue weighted by Crippen LogP contribution is -2.49. The van der Waals surface area contributed by atoms with Crippen LogP contribution in [0.5, 0.6) is 0 Å². The first-order valence-corrected chi connectivity index (χ1v) is 4.20. The van der Waals surface area contributed by atoms with E-state index in [0.717, 1.165) is 0 Å². The molecule has 12 heavy (non-hydrogen) atoms. The van der Waals surface area contributed by atoms with Crippen molar-refractivity contribution in [3.05, 3.63) is 0 Å². The van der Waals surface area contributed by atoms with E-state index in [4.69, 9.17) is 14.2 Å². The van der Waals surface area contributed by atoms with Crippen LogP contribution in [0.2, 0.25) is 0 Å². The lowest BCUT2D eigenvalue weighted by atomic mass is 10.1. The molecule has 0 aromatic heterocycles. The molecule has 0 spiro atoms. The van der Waals surface area contributed by atoms with Crippen molar-refractivity contribution in [2.24, 2.45) is 0 Å². The van der Waals surface area contributed by atoms with Crippen LogP contribution in [0.1, 0.15) is 13.8 Å². The molecule has 2 aliphatic rings. The Bertz CT molecular complexity index is 180. The predicted octanol–water partition coefficient (Wildman–Crippen LogP) is -0.102. The second kappa shape index (κ2) is 2.67. The van der Waals surface area contributed by atoms with Crippen molar-refractivity contribution in [1.29, 1.82) is 0 Å². The van der Waals surface area contributed by atoms with Crippen molar-refractivity contribution in [2.75, 3.05) is 13.2 Å². The van der Waals surface area contributed by atoms with E-state index in [2.05, 4.69) is 0 Å². The maximum absolute atomic E-state index is 9.45. The summed E-state index contributed by atoms with van der Waals surface area (Å²) in [7, 11) is 0. The van der Waals surface area contributed by atoms with Gasteiger partial charge in [0.15, 0.2) is 5.79 Å². The van der Waals surface area contributed by atoms with Crippen LogP contribution < -0.4 is 0 Å². The van der Waals surface area contributed by atoms with Crippen molar-refractivity contribution >= 4 is 0 Å². The quantitative estimate of drug-likeness (QED) is 0.557. The fourth-order valence-electron chi connectivity index (χ4n) is 1.60. The number of aliphatic hydroxyl groups is 1. The molecule has 3 atom stereocenters. The van der Waals surface area contributed by atoms with Gasteiger partial charge in [0.1, 0.15) is 18.3 Å². The summed E-state index contributed by atoms with van der Waals surface area (Å²) in [5.41, 5.74) is 0. The van der Waals surface area contributed by atoms with Crippen LogP contribution >= 0.6 is 0 Å². The molecule has 2 saturated heterocycles. The Hall–Kier alpha value is -0.160. The molecule has 4 nitrogen and oxygen atoms in total. The van der Waals surface area contributed by atoms with Crippen LogP contribution in [-0.4, -0.2) is 42.4 Å². The van der Waals surface area contributed by atoms with E-state index in [-0.39, 0.29) is 12.2 Å². The molecule has 2 aliphatic heterocycles. The van der Waals surface area contributed by atoms with Crippen LogP contribution in [0.15, 0.2) is 0 Å². The van der Waals surface area contributed by atoms with Crippen LogP contribution in [0.25, 0.3) is 0 Å². The number of hydrogen-bond acceptors (Lipinski definition) is 4. The summed E-state index contributed by atoms with van der Waals surface area (Å²) < 4.78 is 16.1. The second-order valence-electron chi connectivity index (χ2n) is 3.73. The molecular formula is C8H14O4. The van der Waals surface area contributed by atoms with E-state index in [9.17, 15) is 5.11 Å². The molecule has 2 rings (SSSR count). The Morgan fingerprint density at radius 1 is 1.33 bits per heavy atom. The van der Waals surface area contributed by atoms with Gasteiger partial charge in [0.2, 0.25) is 0 Å². The molecule has 2 fully saturated rings. The van der Waals surface area contributed by atoms with Gasteiger partial charge in [-0.05, 0) is 13.8 Å². The fraction of sp³-hybridized carbons (Fsp3) is 1.00. The zero-order valence-electron chi connectivity index (χ0n) is 7.32. The zero-order valence-corrected chi connectivity index (χ0v) is 7.32. The van der Waals surface area contributed by atoms with Crippen molar-refractivity contribution in [3.63, 3.8) is 0 Å². The van der Waals surface area contributed by atoms with Gasteiger partial charge in [-0.25, -0.2) is 0 Å².